The average molecular weight is 315 g/mol. The van der Waals surface area contributed by atoms with Crippen molar-refractivity contribution in [2.45, 2.75) is 44.9 Å². The Morgan fingerprint density at radius 3 is 1.57 bits per heavy atom. The zero-order valence-electron chi connectivity index (χ0n) is 9.14. The summed E-state index contributed by atoms with van der Waals surface area (Å²) in [5, 5.41) is 0. The Hall–Kier alpha value is 1.06. The van der Waals surface area contributed by atoms with E-state index in [9.17, 15) is 0 Å². The molecule has 2 aliphatic rings. The van der Waals surface area contributed by atoms with Crippen LogP contribution in [0.25, 0.3) is 0 Å². The standard InChI is InChI=1S/C7H13.C4H8O.BrH.Zn/c1-7-5-3-2-4-6-7;1-2-4-5-3-1;;/h7H,1-6H2;1-4H2;1H;/q-1;;;+2/p-1. The summed E-state index contributed by atoms with van der Waals surface area (Å²) in [7, 11) is 0. The molecule has 2 fully saturated rings. The van der Waals surface area contributed by atoms with Gasteiger partial charge in [-0.1, -0.05) is 32.1 Å². The predicted octanol–water partition coefficient (Wildman–Crippen LogP) is 0.199. The molecule has 80 valence electrons. The minimum Gasteiger partial charge on any atom is -1.00 e. The summed E-state index contributed by atoms with van der Waals surface area (Å²) in [6, 6.07) is 0. The first kappa shape index (κ1) is 17.5. The normalized spacial score (nSPS) is 21.2. The van der Waals surface area contributed by atoms with Gasteiger partial charge in [0.15, 0.2) is 0 Å². The van der Waals surface area contributed by atoms with E-state index in [0.717, 1.165) is 19.1 Å². The van der Waals surface area contributed by atoms with Crippen LogP contribution in [0.1, 0.15) is 44.9 Å². The molecule has 0 spiro atoms. The molecule has 0 aromatic rings. The molecule has 1 heterocycles. The van der Waals surface area contributed by atoms with E-state index in [4.69, 9.17) is 4.74 Å². The Bertz CT molecular complexity index is 93.9. The van der Waals surface area contributed by atoms with Gasteiger partial charge in [0.2, 0.25) is 0 Å². The monoisotopic (exact) mass is 312 g/mol. The number of hydrogen-bond acceptors (Lipinski definition) is 1. The first-order valence-corrected chi connectivity index (χ1v) is 5.30. The Kier molecular flexibility index (Phi) is 15.1. The van der Waals surface area contributed by atoms with Crippen molar-refractivity contribution < 1.29 is 41.2 Å². The summed E-state index contributed by atoms with van der Waals surface area (Å²) < 4.78 is 4.94. The molecule has 0 radical (unpaired) electrons. The van der Waals surface area contributed by atoms with E-state index in [1.165, 1.54) is 44.9 Å². The van der Waals surface area contributed by atoms with Gasteiger partial charge in [0.05, 0.1) is 0 Å². The van der Waals surface area contributed by atoms with Crippen molar-refractivity contribution in [1.82, 2.24) is 0 Å². The van der Waals surface area contributed by atoms with Gasteiger partial charge < -0.3 is 28.6 Å². The zero-order valence-corrected chi connectivity index (χ0v) is 13.7. The molecular weight excluding hydrogens is 293 g/mol. The molecule has 0 atom stereocenters. The molecular formula is C11H21BrOZn. The summed E-state index contributed by atoms with van der Waals surface area (Å²) in [6.07, 6.45) is 9.61. The van der Waals surface area contributed by atoms with Gasteiger partial charge in [0.1, 0.15) is 0 Å². The quantitative estimate of drug-likeness (QED) is 0.458. The van der Waals surface area contributed by atoms with Crippen LogP contribution in [0, 0.1) is 12.8 Å². The summed E-state index contributed by atoms with van der Waals surface area (Å²) in [4.78, 5) is 0. The van der Waals surface area contributed by atoms with E-state index in [-0.39, 0.29) is 36.5 Å². The molecule has 3 heteroatoms. The summed E-state index contributed by atoms with van der Waals surface area (Å²) in [6.45, 7) is 6.00. The predicted molar refractivity (Wildman–Crippen MR) is 52.0 cm³/mol. The first-order valence-electron chi connectivity index (χ1n) is 5.30. The Balaban J connectivity index is 0. The van der Waals surface area contributed by atoms with Gasteiger partial charge in [0, 0.05) is 13.2 Å². The van der Waals surface area contributed by atoms with Crippen LogP contribution in [0.3, 0.4) is 0 Å². The average Bonchev–Trinajstić information content (AvgIpc) is 2.62. The molecule has 0 amide bonds. The second-order valence-corrected chi connectivity index (χ2v) is 3.82. The van der Waals surface area contributed by atoms with Crippen LogP contribution in [0.15, 0.2) is 0 Å². The number of hydrogen-bond donors (Lipinski definition) is 0. The Morgan fingerprint density at radius 1 is 0.857 bits per heavy atom. The van der Waals surface area contributed by atoms with Crippen molar-refractivity contribution in [3.8, 4) is 0 Å². The number of rotatable bonds is 0. The SMILES string of the molecule is C1CCOC1.[Br-].[CH2-]C1CCCCC1.[Zn+2]. The maximum absolute atomic E-state index is 4.94. The van der Waals surface area contributed by atoms with Crippen LogP contribution in [0.5, 0.6) is 0 Å². The van der Waals surface area contributed by atoms with Crippen LogP contribution in [-0.4, -0.2) is 13.2 Å². The fourth-order valence-corrected chi connectivity index (χ4v) is 1.70. The molecule has 0 N–H and O–H groups in total. The van der Waals surface area contributed by atoms with Crippen molar-refractivity contribution in [2.75, 3.05) is 13.2 Å². The van der Waals surface area contributed by atoms with Gasteiger partial charge in [-0.25, -0.2) is 0 Å². The first-order chi connectivity index (χ1) is 5.89. The molecule has 1 saturated carbocycles. The second kappa shape index (κ2) is 12.1. The second-order valence-electron chi connectivity index (χ2n) is 3.82. The van der Waals surface area contributed by atoms with Crippen LogP contribution < -0.4 is 17.0 Å². The largest absolute Gasteiger partial charge is 2.00 e. The third kappa shape index (κ3) is 9.61. The Labute approximate surface area is 112 Å². The molecule has 1 aliphatic carbocycles. The van der Waals surface area contributed by atoms with Gasteiger partial charge in [-0.15, -0.1) is 0 Å². The number of ether oxygens (including phenoxy) is 1. The molecule has 1 aliphatic heterocycles. The van der Waals surface area contributed by atoms with E-state index >= 15 is 0 Å². The fourth-order valence-electron chi connectivity index (χ4n) is 1.70. The van der Waals surface area contributed by atoms with E-state index in [1.54, 1.807) is 0 Å². The molecule has 0 aromatic carbocycles. The molecule has 2 rings (SSSR count). The topological polar surface area (TPSA) is 9.23 Å². The van der Waals surface area contributed by atoms with Gasteiger partial charge in [0.25, 0.3) is 0 Å². The molecule has 1 nitrogen and oxygen atoms in total. The van der Waals surface area contributed by atoms with E-state index in [1.807, 2.05) is 0 Å². The van der Waals surface area contributed by atoms with E-state index in [0.29, 0.717) is 0 Å². The smallest absolute Gasteiger partial charge is 1.00 e. The van der Waals surface area contributed by atoms with Crippen LogP contribution >= 0.6 is 0 Å². The molecule has 14 heavy (non-hydrogen) atoms. The molecule has 1 saturated heterocycles. The van der Waals surface area contributed by atoms with E-state index < -0.39 is 0 Å². The molecule has 0 unspecified atom stereocenters. The summed E-state index contributed by atoms with van der Waals surface area (Å²) in [5.41, 5.74) is 0. The fraction of sp³-hybridized carbons (Fsp3) is 0.909. The third-order valence-electron chi connectivity index (χ3n) is 2.55. The van der Waals surface area contributed by atoms with Gasteiger partial charge in [-0.05, 0) is 12.8 Å². The maximum atomic E-state index is 4.94. The summed E-state index contributed by atoms with van der Waals surface area (Å²) >= 11 is 0. The zero-order chi connectivity index (χ0) is 8.65. The van der Waals surface area contributed by atoms with Crippen LogP contribution in [-0.2, 0) is 24.2 Å². The minimum atomic E-state index is 0. The van der Waals surface area contributed by atoms with Crippen molar-refractivity contribution in [3.63, 3.8) is 0 Å². The third-order valence-corrected chi connectivity index (χ3v) is 2.55. The van der Waals surface area contributed by atoms with Crippen LogP contribution in [0.4, 0.5) is 0 Å². The van der Waals surface area contributed by atoms with Gasteiger partial charge in [-0.2, -0.15) is 5.92 Å². The Morgan fingerprint density at radius 2 is 1.36 bits per heavy atom. The van der Waals surface area contributed by atoms with Gasteiger partial charge >= 0.3 is 19.5 Å². The van der Waals surface area contributed by atoms with Crippen molar-refractivity contribution >= 4 is 0 Å². The number of halogens is 1. The minimum absolute atomic E-state index is 0. The van der Waals surface area contributed by atoms with Crippen molar-refractivity contribution in [2.24, 2.45) is 5.92 Å². The van der Waals surface area contributed by atoms with E-state index in [2.05, 4.69) is 6.92 Å². The summed E-state index contributed by atoms with van der Waals surface area (Å²) in [5.74, 6) is 0.786. The van der Waals surface area contributed by atoms with Crippen molar-refractivity contribution in [3.05, 3.63) is 6.92 Å². The molecule has 0 aromatic heterocycles. The maximum Gasteiger partial charge on any atom is 2.00 e. The van der Waals surface area contributed by atoms with Crippen LogP contribution in [0.2, 0.25) is 0 Å². The van der Waals surface area contributed by atoms with Gasteiger partial charge in [-0.3, -0.25) is 0 Å². The van der Waals surface area contributed by atoms with Crippen molar-refractivity contribution in [1.29, 1.82) is 0 Å². The molecule has 0 bridgehead atoms.